The fourth-order valence-corrected chi connectivity index (χ4v) is 1.94. The Morgan fingerprint density at radius 2 is 2.21 bits per heavy atom. The van der Waals surface area contributed by atoms with E-state index in [-0.39, 0.29) is 0 Å². The molecule has 0 atom stereocenters. The standard InChI is InChI=1S/C10H18N4/c1-2-9-12-10(14-13-9)7-11-8-5-3-4-6-8/h8,11H,2-7H2,1H3,(H,12,13,14). The number of aromatic amines is 1. The highest BCUT2D eigenvalue weighted by atomic mass is 15.2. The van der Waals surface area contributed by atoms with Crippen LogP contribution in [0.25, 0.3) is 0 Å². The third-order valence-corrected chi connectivity index (χ3v) is 2.81. The van der Waals surface area contributed by atoms with Crippen LogP contribution < -0.4 is 5.32 Å². The molecule has 0 spiro atoms. The monoisotopic (exact) mass is 194 g/mol. The molecule has 1 fully saturated rings. The molecule has 0 aliphatic heterocycles. The van der Waals surface area contributed by atoms with Crippen molar-refractivity contribution in [1.29, 1.82) is 0 Å². The van der Waals surface area contributed by atoms with Gasteiger partial charge in [-0.05, 0) is 12.8 Å². The summed E-state index contributed by atoms with van der Waals surface area (Å²) in [6, 6.07) is 0.699. The van der Waals surface area contributed by atoms with E-state index in [1.54, 1.807) is 0 Å². The molecule has 0 radical (unpaired) electrons. The summed E-state index contributed by atoms with van der Waals surface area (Å²) in [4.78, 5) is 4.36. The number of aromatic nitrogens is 3. The summed E-state index contributed by atoms with van der Waals surface area (Å²) >= 11 is 0. The van der Waals surface area contributed by atoms with Gasteiger partial charge in [0.05, 0.1) is 6.54 Å². The lowest BCUT2D eigenvalue weighted by atomic mass is 10.2. The minimum Gasteiger partial charge on any atom is -0.307 e. The minimum absolute atomic E-state index is 0.699. The number of nitrogens with one attached hydrogen (secondary N) is 2. The average molecular weight is 194 g/mol. The van der Waals surface area contributed by atoms with Crippen molar-refractivity contribution in [2.45, 2.75) is 51.6 Å². The topological polar surface area (TPSA) is 53.6 Å². The van der Waals surface area contributed by atoms with Crippen LogP contribution in [0.5, 0.6) is 0 Å². The van der Waals surface area contributed by atoms with Crippen LogP contribution >= 0.6 is 0 Å². The molecule has 4 heteroatoms. The molecular weight excluding hydrogens is 176 g/mol. The van der Waals surface area contributed by atoms with Crippen molar-refractivity contribution in [3.05, 3.63) is 11.6 Å². The van der Waals surface area contributed by atoms with Gasteiger partial charge in [0.25, 0.3) is 0 Å². The van der Waals surface area contributed by atoms with Crippen molar-refractivity contribution in [2.24, 2.45) is 0 Å². The lowest BCUT2D eigenvalue weighted by molar-refractivity contribution is 0.514. The second kappa shape index (κ2) is 4.55. The van der Waals surface area contributed by atoms with Crippen LogP contribution in [0.4, 0.5) is 0 Å². The summed E-state index contributed by atoms with van der Waals surface area (Å²) in [7, 11) is 0. The molecule has 0 bridgehead atoms. The predicted molar refractivity (Wildman–Crippen MR) is 54.9 cm³/mol. The fourth-order valence-electron chi connectivity index (χ4n) is 1.94. The van der Waals surface area contributed by atoms with Gasteiger partial charge in [0.15, 0.2) is 0 Å². The number of rotatable bonds is 4. The minimum atomic E-state index is 0.699. The molecule has 1 aromatic heterocycles. The van der Waals surface area contributed by atoms with E-state index >= 15 is 0 Å². The molecule has 2 rings (SSSR count). The van der Waals surface area contributed by atoms with Crippen molar-refractivity contribution in [2.75, 3.05) is 0 Å². The number of H-pyrrole nitrogens is 1. The second-order valence-corrected chi connectivity index (χ2v) is 3.91. The molecule has 78 valence electrons. The Labute approximate surface area is 84.5 Å². The zero-order chi connectivity index (χ0) is 9.80. The second-order valence-electron chi connectivity index (χ2n) is 3.91. The average Bonchev–Trinajstić information content (AvgIpc) is 2.86. The first-order valence-electron chi connectivity index (χ1n) is 5.52. The summed E-state index contributed by atoms with van der Waals surface area (Å²) in [6.07, 6.45) is 6.27. The van der Waals surface area contributed by atoms with Crippen molar-refractivity contribution < 1.29 is 0 Å². The van der Waals surface area contributed by atoms with Crippen LogP contribution in [0.2, 0.25) is 0 Å². The van der Waals surface area contributed by atoms with Crippen LogP contribution in [0.1, 0.15) is 44.3 Å². The predicted octanol–water partition coefficient (Wildman–Crippen LogP) is 1.40. The van der Waals surface area contributed by atoms with Gasteiger partial charge in [0.1, 0.15) is 11.6 Å². The lowest BCUT2D eigenvalue weighted by Gasteiger charge is -2.09. The van der Waals surface area contributed by atoms with Gasteiger partial charge in [-0.1, -0.05) is 19.8 Å². The molecule has 0 amide bonds. The van der Waals surface area contributed by atoms with Gasteiger partial charge in [-0.15, -0.1) is 0 Å². The Bertz CT molecular complexity index is 275. The first-order chi connectivity index (χ1) is 6.88. The van der Waals surface area contributed by atoms with E-state index in [9.17, 15) is 0 Å². The van der Waals surface area contributed by atoms with Crippen molar-refractivity contribution in [3.63, 3.8) is 0 Å². The molecule has 1 aliphatic rings. The summed E-state index contributed by atoms with van der Waals surface area (Å²) in [5.74, 6) is 1.88. The summed E-state index contributed by atoms with van der Waals surface area (Å²) in [6.45, 7) is 2.90. The Morgan fingerprint density at radius 3 is 2.86 bits per heavy atom. The highest BCUT2D eigenvalue weighted by molar-refractivity contribution is 4.90. The first kappa shape index (κ1) is 9.65. The third kappa shape index (κ3) is 2.32. The van der Waals surface area contributed by atoms with E-state index in [0.717, 1.165) is 24.6 Å². The van der Waals surface area contributed by atoms with Gasteiger partial charge < -0.3 is 5.32 Å². The van der Waals surface area contributed by atoms with Crippen LogP contribution in [-0.2, 0) is 13.0 Å². The van der Waals surface area contributed by atoms with E-state index in [1.807, 2.05) is 0 Å². The number of hydrogen-bond acceptors (Lipinski definition) is 3. The van der Waals surface area contributed by atoms with Crippen LogP contribution in [0.3, 0.4) is 0 Å². The normalized spacial score (nSPS) is 17.8. The number of aryl methyl sites for hydroxylation is 1. The molecule has 1 saturated carbocycles. The Kier molecular flexibility index (Phi) is 3.14. The molecule has 1 aromatic rings. The van der Waals surface area contributed by atoms with Gasteiger partial charge in [0, 0.05) is 12.5 Å². The van der Waals surface area contributed by atoms with Gasteiger partial charge >= 0.3 is 0 Å². The smallest absolute Gasteiger partial charge is 0.150 e. The molecule has 1 heterocycles. The Balaban J connectivity index is 1.79. The van der Waals surface area contributed by atoms with Gasteiger partial charge in [-0.2, -0.15) is 5.10 Å². The number of nitrogens with zero attached hydrogens (tertiary/aromatic N) is 2. The van der Waals surface area contributed by atoms with Crippen LogP contribution in [0, 0.1) is 0 Å². The van der Waals surface area contributed by atoms with Gasteiger partial charge in [-0.3, -0.25) is 5.10 Å². The lowest BCUT2D eigenvalue weighted by Crippen LogP contribution is -2.25. The van der Waals surface area contributed by atoms with E-state index in [0.29, 0.717) is 6.04 Å². The molecule has 2 N–H and O–H groups in total. The zero-order valence-corrected chi connectivity index (χ0v) is 8.71. The fraction of sp³-hybridized carbons (Fsp3) is 0.800. The van der Waals surface area contributed by atoms with Crippen LogP contribution in [0.15, 0.2) is 0 Å². The van der Waals surface area contributed by atoms with Gasteiger partial charge in [-0.25, -0.2) is 4.98 Å². The first-order valence-corrected chi connectivity index (χ1v) is 5.52. The zero-order valence-electron chi connectivity index (χ0n) is 8.71. The maximum absolute atomic E-state index is 4.36. The van der Waals surface area contributed by atoms with E-state index < -0.39 is 0 Å². The number of hydrogen-bond donors (Lipinski definition) is 2. The molecule has 14 heavy (non-hydrogen) atoms. The van der Waals surface area contributed by atoms with Gasteiger partial charge in [0.2, 0.25) is 0 Å². The van der Waals surface area contributed by atoms with E-state index in [4.69, 9.17) is 0 Å². The summed E-state index contributed by atoms with van der Waals surface area (Å²) in [5, 5.41) is 10.6. The highest BCUT2D eigenvalue weighted by Gasteiger charge is 2.14. The molecule has 0 aromatic carbocycles. The maximum Gasteiger partial charge on any atom is 0.150 e. The largest absolute Gasteiger partial charge is 0.307 e. The molecule has 0 unspecified atom stereocenters. The third-order valence-electron chi connectivity index (χ3n) is 2.81. The van der Waals surface area contributed by atoms with Crippen molar-refractivity contribution in [1.82, 2.24) is 20.5 Å². The molecule has 1 aliphatic carbocycles. The molecule has 0 saturated heterocycles. The summed E-state index contributed by atoms with van der Waals surface area (Å²) < 4.78 is 0. The highest BCUT2D eigenvalue weighted by Crippen LogP contribution is 2.17. The molecular formula is C10H18N4. The Morgan fingerprint density at radius 1 is 1.43 bits per heavy atom. The molecule has 4 nitrogen and oxygen atoms in total. The Hall–Kier alpha value is -0.900. The van der Waals surface area contributed by atoms with Crippen molar-refractivity contribution in [3.8, 4) is 0 Å². The van der Waals surface area contributed by atoms with Crippen LogP contribution in [-0.4, -0.2) is 21.2 Å². The maximum atomic E-state index is 4.36. The van der Waals surface area contributed by atoms with E-state index in [1.165, 1.54) is 25.7 Å². The SMILES string of the molecule is CCc1n[nH]c(CNC2CCCC2)n1. The quantitative estimate of drug-likeness (QED) is 0.761. The summed E-state index contributed by atoms with van der Waals surface area (Å²) in [5.41, 5.74) is 0. The van der Waals surface area contributed by atoms with Crippen molar-refractivity contribution >= 4 is 0 Å². The van der Waals surface area contributed by atoms with E-state index in [2.05, 4.69) is 27.4 Å².